The van der Waals surface area contributed by atoms with Crippen molar-refractivity contribution in [3.05, 3.63) is 18.0 Å². The van der Waals surface area contributed by atoms with Crippen LogP contribution in [0.1, 0.15) is 30.1 Å². The van der Waals surface area contributed by atoms with Gasteiger partial charge in [-0.05, 0) is 25.7 Å². The lowest BCUT2D eigenvalue weighted by Gasteiger charge is -2.04. The Bertz CT molecular complexity index is 360. The number of carbonyl (C=O) groups excluding carboxylic acids is 1. The highest BCUT2D eigenvalue weighted by atomic mass is 16.5. The van der Waals surface area contributed by atoms with Crippen LogP contribution >= 0.6 is 0 Å². The topological polar surface area (TPSA) is 64.1 Å². The summed E-state index contributed by atoms with van der Waals surface area (Å²) in [5.74, 6) is 0.963. The van der Waals surface area contributed by atoms with Crippen LogP contribution in [-0.2, 0) is 4.74 Å². The van der Waals surface area contributed by atoms with E-state index < -0.39 is 0 Å². The minimum Gasteiger partial charge on any atom is -0.462 e. The first-order valence-electron chi connectivity index (χ1n) is 5.52. The number of rotatable bonds is 5. The van der Waals surface area contributed by atoms with Gasteiger partial charge in [0, 0.05) is 18.9 Å². The van der Waals surface area contributed by atoms with Crippen LogP contribution in [0.25, 0.3) is 0 Å². The first-order chi connectivity index (χ1) is 7.79. The third-order valence-corrected chi connectivity index (χ3v) is 2.41. The highest BCUT2D eigenvalue weighted by molar-refractivity contribution is 5.88. The molecule has 0 aliphatic heterocycles. The fourth-order valence-electron chi connectivity index (χ4n) is 1.30. The van der Waals surface area contributed by atoms with Gasteiger partial charge in [0.05, 0.1) is 12.2 Å². The normalized spacial score (nSPS) is 14.6. The number of nitrogens with zero attached hydrogens (tertiary/aromatic N) is 2. The van der Waals surface area contributed by atoms with E-state index in [1.165, 1.54) is 25.2 Å². The summed E-state index contributed by atoms with van der Waals surface area (Å²) >= 11 is 0. The van der Waals surface area contributed by atoms with Crippen molar-refractivity contribution >= 4 is 11.9 Å². The number of anilines is 1. The van der Waals surface area contributed by atoms with Crippen molar-refractivity contribution in [2.24, 2.45) is 5.92 Å². The maximum Gasteiger partial charge on any atom is 0.341 e. The lowest BCUT2D eigenvalue weighted by Crippen LogP contribution is -2.09. The van der Waals surface area contributed by atoms with Crippen LogP contribution in [0.15, 0.2) is 12.4 Å². The number of esters is 1. The first kappa shape index (κ1) is 10.9. The molecule has 16 heavy (non-hydrogen) atoms. The third kappa shape index (κ3) is 2.92. The summed E-state index contributed by atoms with van der Waals surface area (Å²) in [7, 11) is 0. The summed E-state index contributed by atoms with van der Waals surface area (Å²) in [4.78, 5) is 19.4. The molecule has 1 aromatic rings. The summed E-state index contributed by atoms with van der Waals surface area (Å²) in [5, 5.41) is 3.13. The Morgan fingerprint density at radius 2 is 2.19 bits per heavy atom. The second kappa shape index (κ2) is 4.92. The smallest absolute Gasteiger partial charge is 0.341 e. The molecule has 1 N–H and O–H groups in total. The second-order valence-electron chi connectivity index (χ2n) is 3.84. The van der Waals surface area contributed by atoms with E-state index in [1.54, 1.807) is 6.92 Å². The predicted molar refractivity (Wildman–Crippen MR) is 59.2 cm³/mol. The van der Waals surface area contributed by atoms with Crippen molar-refractivity contribution in [2.45, 2.75) is 19.8 Å². The van der Waals surface area contributed by atoms with Gasteiger partial charge in [-0.25, -0.2) is 14.8 Å². The fourth-order valence-corrected chi connectivity index (χ4v) is 1.30. The molecule has 5 heteroatoms. The van der Waals surface area contributed by atoms with Crippen molar-refractivity contribution in [3.63, 3.8) is 0 Å². The SMILES string of the molecule is CCOC(=O)c1cnc(NCC2CC2)nc1. The lowest BCUT2D eigenvalue weighted by molar-refractivity contribution is 0.0525. The molecular weight excluding hydrogens is 206 g/mol. The number of carbonyl (C=O) groups is 1. The summed E-state index contributed by atoms with van der Waals surface area (Å²) in [6, 6.07) is 0. The molecule has 0 unspecified atom stereocenters. The van der Waals surface area contributed by atoms with E-state index in [9.17, 15) is 4.79 Å². The van der Waals surface area contributed by atoms with Crippen molar-refractivity contribution in [3.8, 4) is 0 Å². The standard InChI is InChI=1S/C11H15N3O2/c1-2-16-10(15)9-6-13-11(14-7-9)12-5-8-3-4-8/h6-8H,2-5H2,1H3,(H,12,13,14). The lowest BCUT2D eigenvalue weighted by atomic mass is 10.3. The zero-order valence-electron chi connectivity index (χ0n) is 9.27. The maximum atomic E-state index is 11.3. The van der Waals surface area contributed by atoms with Gasteiger partial charge >= 0.3 is 5.97 Å². The van der Waals surface area contributed by atoms with Gasteiger partial charge < -0.3 is 10.1 Å². The molecule has 1 aliphatic rings. The Morgan fingerprint density at radius 3 is 2.75 bits per heavy atom. The largest absolute Gasteiger partial charge is 0.462 e. The van der Waals surface area contributed by atoms with Crippen LogP contribution in [0, 0.1) is 5.92 Å². The molecule has 0 spiro atoms. The van der Waals surface area contributed by atoms with Crippen LogP contribution in [0.5, 0.6) is 0 Å². The van der Waals surface area contributed by atoms with Gasteiger partial charge in [0.25, 0.3) is 0 Å². The molecular formula is C11H15N3O2. The fraction of sp³-hybridized carbons (Fsp3) is 0.545. The Kier molecular flexibility index (Phi) is 3.34. The molecule has 1 saturated carbocycles. The van der Waals surface area contributed by atoms with Gasteiger partial charge in [0.2, 0.25) is 5.95 Å². The van der Waals surface area contributed by atoms with E-state index in [1.807, 2.05) is 0 Å². The van der Waals surface area contributed by atoms with Crippen LogP contribution in [-0.4, -0.2) is 29.1 Å². The predicted octanol–water partition coefficient (Wildman–Crippen LogP) is 1.48. The van der Waals surface area contributed by atoms with Gasteiger partial charge in [-0.1, -0.05) is 0 Å². The molecule has 5 nitrogen and oxygen atoms in total. The van der Waals surface area contributed by atoms with E-state index in [-0.39, 0.29) is 5.97 Å². The van der Waals surface area contributed by atoms with E-state index in [0.29, 0.717) is 18.1 Å². The molecule has 0 bridgehead atoms. The van der Waals surface area contributed by atoms with Crippen molar-refractivity contribution in [2.75, 3.05) is 18.5 Å². The van der Waals surface area contributed by atoms with Gasteiger partial charge in [-0.3, -0.25) is 0 Å². The van der Waals surface area contributed by atoms with Gasteiger partial charge in [0.15, 0.2) is 0 Å². The quantitative estimate of drug-likeness (QED) is 0.763. The van der Waals surface area contributed by atoms with E-state index >= 15 is 0 Å². The van der Waals surface area contributed by atoms with Gasteiger partial charge in [-0.2, -0.15) is 0 Å². The number of hydrogen-bond donors (Lipinski definition) is 1. The molecule has 1 aliphatic carbocycles. The van der Waals surface area contributed by atoms with Crippen LogP contribution in [0.4, 0.5) is 5.95 Å². The van der Waals surface area contributed by atoms with Crippen molar-refractivity contribution < 1.29 is 9.53 Å². The Morgan fingerprint density at radius 1 is 1.50 bits per heavy atom. The number of nitrogens with one attached hydrogen (secondary N) is 1. The van der Waals surface area contributed by atoms with Crippen molar-refractivity contribution in [1.29, 1.82) is 0 Å². The zero-order chi connectivity index (χ0) is 11.4. The van der Waals surface area contributed by atoms with Crippen LogP contribution in [0.3, 0.4) is 0 Å². The van der Waals surface area contributed by atoms with Gasteiger partial charge in [-0.15, -0.1) is 0 Å². The van der Waals surface area contributed by atoms with Crippen LogP contribution in [0.2, 0.25) is 0 Å². The van der Waals surface area contributed by atoms with Crippen LogP contribution < -0.4 is 5.32 Å². The second-order valence-corrected chi connectivity index (χ2v) is 3.84. The molecule has 0 amide bonds. The van der Waals surface area contributed by atoms with Crippen molar-refractivity contribution in [1.82, 2.24) is 9.97 Å². The number of ether oxygens (including phenoxy) is 1. The molecule has 0 radical (unpaired) electrons. The average molecular weight is 221 g/mol. The molecule has 0 saturated heterocycles. The number of hydrogen-bond acceptors (Lipinski definition) is 5. The highest BCUT2D eigenvalue weighted by Gasteiger charge is 2.20. The molecule has 2 rings (SSSR count). The molecule has 1 heterocycles. The monoisotopic (exact) mass is 221 g/mol. The van der Waals surface area contributed by atoms with E-state index in [0.717, 1.165) is 12.5 Å². The third-order valence-electron chi connectivity index (χ3n) is 2.41. The minimum atomic E-state index is -0.378. The summed E-state index contributed by atoms with van der Waals surface area (Å²) in [6.07, 6.45) is 5.54. The number of aromatic nitrogens is 2. The Balaban J connectivity index is 1.89. The summed E-state index contributed by atoms with van der Waals surface area (Å²) in [6.45, 7) is 3.05. The maximum absolute atomic E-state index is 11.3. The minimum absolute atomic E-state index is 0.362. The Labute approximate surface area is 94.2 Å². The molecule has 0 aromatic carbocycles. The zero-order valence-corrected chi connectivity index (χ0v) is 9.27. The Hall–Kier alpha value is -1.65. The van der Waals surface area contributed by atoms with E-state index in [2.05, 4.69) is 15.3 Å². The molecule has 1 aromatic heterocycles. The van der Waals surface area contributed by atoms with E-state index in [4.69, 9.17) is 4.74 Å². The van der Waals surface area contributed by atoms with Gasteiger partial charge in [0.1, 0.15) is 0 Å². The highest BCUT2D eigenvalue weighted by Crippen LogP contribution is 2.28. The first-order valence-corrected chi connectivity index (χ1v) is 5.52. The molecule has 1 fully saturated rings. The summed E-state index contributed by atoms with van der Waals surface area (Å²) in [5.41, 5.74) is 0.388. The molecule has 86 valence electrons. The summed E-state index contributed by atoms with van der Waals surface area (Å²) < 4.78 is 4.84. The average Bonchev–Trinajstić information content (AvgIpc) is 3.11. The molecule has 0 atom stereocenters.